The van der Waals surface area contributed by atoms with Gasteiger partial charge in [0.15, 0.2) is 13.2 Å². The average Bonchev–Trinajstić information content (AvgIpc) is 2.90. The molecule has 1 aliphatic heterocycles. The minimum Gasteiger partial charge on any atom is -0.485 e. The molecule has 10 heteroatoms. The maximum Gasteiger partial charge on any atom is 0.409 e. The Morgan fingerprint density at radius 3 is 2.96 bits per heavy atom. The van der Waals surface area contributed by atoms with Gasteiger partial charge in [-0.05, 0) is 35.4 Å². The molecule has 2 heterocycles. The van der Waals surface area contributed by atoms with Crippen LogP contribution >= 0.6 is 0 Å². The average molecular weight is 327 g/mol. The van der Waals surface area contributed by atoms with Crippen LogP contribution < -0.4 is 10.1 Å². The number of tetrazole rings is 1. The summed E-state index contributed by atoms with van der Waals surface area (Å²) in [4.78, 5) is 12.1. The van der Waals surface area contributed by atoms with Gasteiger partial charge in [0, 0.05) is 12.1 Å². The molecule has 0 radical (unpaired) electrons. The van der Waals surface area contributed by atoms with Gasteiger partial charge in [-0.3, -0.25) is 4.79 Å². The topological polar surface area (TPSA) is 81.9 Å². The molecule has 3 rings (SSSR count). The molecule has 0 atom stereocenters. The van der Waals surface area contributed by atoms with Crippen LogP contribution in [0.1, 0.15) is 21.7 Å². The van der Waals surface area contributed by atoms with Gasteiger partial charge < -0.3 is 10.1 Å². The second kappa shape index (κ2) is 5.86. The van der Waals surface area contributed by atoms with E-state index in [2.05, 4.69) is 20.7 Å². The van der Waals surface area contributed by atoms with E-state index in [1.807, 2.05) is 0 Å². The Morgan fingerprint density at radius 1 is 1.35 bits per heavy atom. The summed E-state index contributed by atoms with van der Waals surface area (Å²) in [5, 5.41) is 13.2. The predicted molar refractivity (Wildman–Crippen MR) is 70.7 cm³/mol. The molecule has 0 aliphatic carbocycles. The second-order valence-electron chi connectivity index (χ2n) is 4.96. The molecular formula is C13H12F3N5O2. The number of benzene rings is 1. The number of nitrogens with one attached hydrogen (secondary N) is 1. The fraction of sp³-hybridized carbons (Fsp3) is 0.385. The van der Waals surface area contributed by atoms with Gasteiger partial charge in [-0.15, -0.1) is 10.2 Å². The van der Waals surface area contributed by atoms with E-state index in [0.29, 0.717) is 29.1 Å². The lowest BCUT2D eigenvalue weighted by Crippen LogP contribution is -2.31. The number of hydrogen-bond acceptors (Lipinski definition) is 5. The van der Waals surface area contributed by atoms with Crippen LogP contribution in [0.2, 0.25) is 0 Å². The molecule has 0 saturated carbocycles. The molecule has 0 saturated heterocycles. The van der Waals surface area contributed by atoms with Crippen LogP contribution in [-0.4, -0.2) is 38.8 Å². The highest BCUT2D eigenvalue weighted by Gasteiger charge is 2.29. The van der Waals surface area contributed by atoms with E-state index in [1.54, 1.807) is 18.2 Å². The first-order chi connectivity index (χ1) is 10.9. The molecule has 0 unspecified atom stereocenters. The van der Waals surface area contributed by atoms with Gasteiger partial charge in [0.05, 0.1) is 0 Å². The van der Waals surface area contributed by atoms with E-state index >= 15 is 0 Å². The summed E-state index contributed by atoms with van der Waals surface area (Å²) in [7, 11) is 0. The molecule has 1 aromatic heterocycles. The van der Waals surface area contributed by atoms with Crippen LogP contribution in [0.4, 0.5) is 13.2 Å². The third kappa shape index (κ3) is 3.76. The number of aromatic nitrogens is 4. The SMILES string of the molecule is O=C1NCCc2cc(OCc3nnn(CC(F)(F)F)n3)ccc21. The minimum atomic E-state index is -4.40. The Kier molecular flexibility index (Phi) is 3.89. The summed E-state index contributed by atoms with van der Waals surface area (Å²) in [6.07, 6.45) is -3.71. The number of amides is 1. The lowest BCUT2D eigenvalue weighted by atomic mass is 10.0. The Balaban J connectivity index is 1.64. The lowest BCUT2D eigenvalue weighted by Gasteiger charge is -2.17. The van der Waals surface area contributed by atoms with Gasteiger partial charge in [-0.2, -0.15) is 18.0 Å². The van der Waals surface area contributed by atoms with Crippen molar-refractivity contribution in [2.75, 3.05) is 6.54 Å². The number of nitrogens with zero attached hydrogens (tertiary/aromatic N) is 4. The Bertz CT molecular complexity index is 729. The monoisotopic (exact) mass is 327 g/mol. The number of rotatable bonds is 4. The van der Waals surface area contributed by atoms with Crippen molar-refractivity contribution in [3.63, 3.8) is 0 Å². The van der Waals surface area contributed by atoms with Gasteiger partial charge in [-0.1, -0.05) is 0 Å². The highest BCUT2D eigenvalue weighted by Crippen LogP contribution is 2.21. The van der Waals surface area contributed by atoms with E-state index in [9.17, 15) is 18.0 Å². The number of fused-ring (bicyclic) bond motifs is 1. The summed E-state index contributed by atoms with van der Waals surface area (Å²) in [5.74, 6) is 0.407. The lowest BCUT2D eigenvalue weighted by molar-refractivity contribution is -0.145. The summed E-state index contributed by atoms with van der Waals surface area (Å²) in [6.45, 7) is -0.848. The normalized spacial score (nSPS) is 14.3. The summed E-state index contributed by atoms with van der Waals surface area (Å²) in [6, 6.07) is 4.99. The van der Waals surface area contributed by atoms with E-state index in [4.69, 9.17) is 4.74 Å². The van der Waals surface area contributed by atoms with Crippen molar-refractivity contribution >= 4 is 5.91 Å². The molecule has 122 valence electrons. The Labute approximate surface area is 128 Å². The Hall–Kier alpha value is -2.65. The minimum absolute atomic E-state index is 0.0460. The van der Waals surface area contributed by atoms with E-state index in [0.717, 1.165) is 5.56 Å². The van der Waals surface area contributed by atoms with Crippen molar-refractivity contribution in [2.45, 2.75) is 25.7 Å². The van der Waals surface area contributed by atoms with E-state index in [-0.39, 0.29) is 18.3 Å². The fourth-order valence-electron chi connectivity index (χ4n) is 2.20. The largest absolute Gasteiger partial charge is 0.485 e. The van der Waals surface area contributed by atoms with Crippen LogP contribution in [0.25, 0.3) is 0 Å². The standard InChI is InChI=1S/C13H12F3N5O2/c14-13(15,16)7-21-19-11(18-20-21)6-23-9-1-2-10-8(5-9)3-4-17-12(10)22/h1-2,5H,3-4,6-7H2,(H,17,22). The molecule has 0 spiro atoms. The molecule has 7 nitrogen and oxygen atoms in total. The van der Waals surface area contributed by atoms with Crippen LogP contribution in [0.5, 0.6) is 5.75 Å². The number of ether oxygens (including phenoxy) is 1. The molecule has 0 bridgehead atoms. The third-order valence-corrected chi connectivity index (χ3v) is 3.18. The highest BCUT2D eigenvalue weighted by molar-refractivity contribution is 5.96. The van der Waals surface area contributed by atoms with Crippen LogP contribution in [0.15, 0.2) is 18.2 Å². The quantitative estimate of drug-likeness (QED) is 0.909. The predicted octanol–water partition coefficient (Wildman–Crippen LogP) is 1.10. The van der Waals surface area contributed by atoms with Crippen molar-refractivity contribution < 1.29 is 22.7 Å². The number of carbonyl (C=O) groups is 1. The highest BCUT2D eigenvalue weighted by atomic mass is 19.4. The van der Waals surface area contributed by atoms with E-state index in [1.165, 1.54) is 0 Å². The summed E-state index contributed by atoms with van der Waals surface area (Å²) in [5.41, 5.74) is 1.46. The van der Waals surface area contributed by atoms with Crippen LogP contribution in [0.3, 0.4) is 0 Å². The van der Waals surface area contributed by atoms with Gasteiger partial charge in [0.2, 0.25) is 5.82 Å². The van der Waals surface area contributed by atoms with Gasteiger partial charge >= 0.3 is 6.18 Å². The molecule has 1 aromatic carbocycles. The van der Waals surface area contributed by atoms with Crippen molar-refractivity contribution in [3.8, 4) is 5.75 Å². The Morgan fingerprint density at radius 2 is 2.17 bits per heavy atom. The van der Waals surface area contributed by atoms with Gasteiger partial charge in [0.25, 0.3) is 5.91 Å². The smallest absolute Gasteiger partial charge is 0.409 e. The first-order valence-electron chi connectivity index (χ1n) is 6.78. The van der Waals surface area contributed by atoms with Crippen LogP contribution in [0, 0.1) is 0 Å². The summed E-state index contributed by atoms with van der Waals surface area (Å²) >= 11 is 0. The zero-order valence-electron chi connectivity index (χ0n) is 11.8. The van der Waals surface area contributed by atoms with Crippen molar-refractivity contribution in [3.05, 3.63) is 35.2 Å². The zero-order valence-corrected chi connectivity index (χ0v) is 11.8. The molecular weight excluding hydrogens is 315 g/mol. The third-order valence-electron chi connectivity index (χ3n) is 3.18. The van der Waals surface area contributed by atoms with Crippen LogP contribution in [-0.2, 0) is 19.6 Å². The zero-order chi connectivity index (χ0) is 16.4. The number of halogens is 3. The van der Waals surface area contributed by atoms with Crippen molar-refractivity contribution in [1.29, 1.82) is 0 Å². The van der Waals surface area contributed by atoms with E-state index < -0.39 is 12.7 Å². The molecule has 23 heavy (non-hydrogen) atoms. The second-order valence-corrected chi connectivity index (χ2v) is 4.96. The number of alkyl halides is 3. The van der Waals surface area contributed by atoms with Crippen molar-refractivity contribution in [1.82, 2.24) is 25.5 Å². The first-order valence-corrected chi connectivity index (χ1v) is 6.78. The summed E-state index contributed by atoms with van der Waals surface area (Å²) < 4.78 is 42.0. The molecule has 2 aromatic rings. The first kappa shape index (κ1) is 15.3. The molecule has 0 fully saturated rings. The molecule has 1 amide bonds. The maximum absolute atomic E-state index is 12.2. The van der Waals surface area contributed by atoms with Gasteiger partial charge in [-0.25, -0.2) is 0 Å². The molecule has 1 N–H and O–H groups in total. The fourth-order valence-corrected chi connectivity index (χ4v) is 2.20. The maximum atomic E-state index is 12.2. The number of carbonyl (C=O) groups excluding carboxylic acids is 1. The molecule has 1 aliphatic rings. The number of hydrogen-bond donors (Lipinski definition) is 1. The van der Waals surface area contributed by atoms with Crippen molar-refractivity contribution in [2.24, 2.45) is 0 Å². The van der Waals surface area contributed by atoms with Gasteiger partial charge in [0.1, 0.15) is 5.75 Å².